The highest BCUT2D eigenvalue weighted by Crippen LogP contribution is 2.25. The Balaban J connectivity index is 2.88. The predicted molar refractivity (Wildman–Crippen MR) is 82.9 cm³/mol. The molecule has 0 fully saturated rings. The Morgan fingerprint density at radius 1 is 1.32 bits per heavy atom. The molecule has 0 aliphatic rings. The van der Waals surface area contributed by atoms with Crippen molar-refractivity contribution >= 4 is 11.6 Å². The van der Waals surface area contributed by atoms with E-state index in [0.29, 0.717) is 0 Å². The summed E-state index contributed by atoms with van der Waals surface area (Å²) in [6, 6.07) is 8.31. The zero-order chi connectivity index (χ0) is 14.3. The van der Waals surface area contributed by atoms with Crippen molar-refractivity contribution in [2.45, 2.75) is 51.7 Å². The van der Waals surface area contributed by atoms with Gasteiger partial charge in [-0.1, -0.05) is 43.6 Å². The normalized spacial score (nSPS) is 16.1. The largest absolute Gasteiger partial charge is 0.377 e. The second-order valence-corrected chi connectivity index (χ2v) is 5.58. The molecule has 0 saturated heterocycles. The van der Waals surface area contributed by atoms with Gasteiger partial charge >= 0.3 is 0 Å². The van der Waals surface area contributed by atoms with Crippen LogP contribution >= 0.6 is 11.6 Å². The third-order valence-corrected chi connectivity index (χ3v) is 4.30. The molecule has 108 valence electrons. The maximum absolute atomic E-state index is 6.27. The lowest BCUT2D eigenvalue weighted by molar-refractivity contribution is -0.0287. The fraction of sp³-hybridized carbons (Fsp3) is 0.625. The number of nitrogens with one attached hydrogen (secondary N) is 1. The standard InChI is InChI=1S/C16H26ClNO/c1-5-11-18-15(16(3,6-2)19-4)12-13-9-7-8-10-14(13)17/h7-10,15,18H,5-6,11-12H2,1-4H3. The van der Waals surface area contributed by atoms with Gasteiger partial charge in [0.1, 0.15) is 0 Å². The lowest BCUT2D eigenvalue weighted by Gasteiger charge is -2.37. The molecule has 2 unspecified atom stereocenters. The van der Waals surface area contributed by atoms with E-state index in [1.807, 2.05) is 18.2 Å². The van der Waals surface area contributed by atoms with E-state index in [1.165, 1.54) is 5.56 Å². The van der Waals surface area contributed by atoms with Crippen molar-refractivity contribution in [2.24, 2.45) is 0 Å². The summed E-state index contributed by atoms with van der Waals surface area (Å²) in [5, 5.41) is 4.44. The van der Waals surface area contributed by atoms with E-state index >= 15 is 0 Å². The van der Waals surface area contributed by atoms with Crippen molar-refractivity contribution in [3.63, 3.8) is 0 Å². The van der Waals surface area contributed by atoms with Crippen LogP contribution in [0.1, 0.15) is 39.2 Å². The second kappa shape index (κ2) is 7.88. The molecule has 0 aromatic heterocycles. The first-order chi connectivity index (χ1) is 9.07. The SMILES string of the molecule is CCCNC(Cc1ccccc1Cl)C(C)(CC)OC. The van der Waals surface area contributed by atoms with Crippen molar-refractivity contribution in [1.29, 1.82) is 0 Å². The van der Waals surface area contributed by atoms with Crippen LogP contribution in [0.5, 0.6) is 0 Å². The van der Waals surface area contributed by atoms with Crippen LogP contribution in [0.4, 0.5) is 0 Å². The number of hydrogen-bond acceptors (Lipinski definition) is 2. The molecule has 1 aromatic carbocycles. The van der Waals surface area contributed by atoms with Gasteiger partial charge in [0, 0.05) is 18.2 Å². The Bertz CT molecular complexity index is 377. The summed E-state index contributed by atoms with van der Waals surface area (Å²) in [4.78, 5) is 0. The van der Waals surface area contributed by atoms with Crippen LogP contribution < -0.4 is 5.32 Å². The van der Waals surface area contributed by atoms with Gasteiger partial charge in [-0.15, -0.1) is 0 Å². The highest BCUT2D eigenvalue weighted by molar-refractivity contribution is 6.31. The molecule has 1 N–H and O–H groups in total. The van der Waals surface area contributed by atoms with E-state index in [9.17, 15) is 0 Å². The quantitative estimate of drug-likeness (QED) is 0.777. The van der Waals surface area contributed by atoms with E-state index < -0.39 is 0 Å². The summed E-state index contributed by atoms with van der Waals surface area (Å²) in [5.41, 5.74) is 1.00. The maximum Gasteiger partial charge on any atom is 0.0803 e. The van der Waals surface area contributed by atoms with Crippen molar-refractivity contribution < 1.29 is 4.74 Å². The van der Waals surface area contributed by atoms with E-state index in [0.717, 1.165) is 30.8 Å². The van der Waals surface area contributed by atoms with Gasteiger partial charge in [0.05, 0.1) is 5.60 Å². The summed E-state index contributed by atoms with van der Waals surface area (Å²) in [6.07, 6.45) is 2.97. The minimum atomic E-state index is -0.172. The van der Waals surface area contributed by atoms with Gasteiger partial charge in [-0.3, -0.25) is 0 Å². The summed E-state index contributed by atoms with van der Waals surface area (Å²) in [6.45, 7) is 7.50. The zero-order valence-electron chi connectivity index (χ0n) is 12.5. The average molecular weight is 284 g/mol. The van der Waals surface area contributed by atoms with Gasteiger partial charge in [0.25, 0.3) is 0 Å². The molecule has 2 atom stereocenters. The molecule has 2 nitrogen and oxygen atoms in total. The van der Waals surface area contributed by atoms with Crippen molar-refractivity contribution in [3.05, 3.63) is 34.9 Å². The fourth-order valence-corrected chi connectivity index (χ4v) is 2.45. The lowest BCUT2D eigenvalue weighted by Crippen LogP contribution is -2.51. The zero-order valence-corrected chi connectivity index (χ0v) is 13.3. The van der Waals surface area contributed by atoms with Crippen LogP contribution in [0.15, 0.2) is 24.3 Å². The van der Waals surface area contributed by atoms with Crippen molar-refractivity contribution in [1.82, 2.24) is 5.32 Å². The van der Waals surface area contributed by atoms with Gasteiger partial charge < -0.3 is 10.1 Å². The molecule has 19 heavy (non-hydrogen) atoms. The molecule has 0 heterocycles. The smallest absolute Gasteiger partial charge is 0.0803 e. The van der Waals surface area contributed by atoms with E-state index in [-0.39, 0.29) is 11.6 Å². The van der Waals surface area contributed by atoms with Gasteiger partial charge in [-0.2, -0.15) is 0 Å². The summed E-state index contributed by atoms with van der Waals surface area (Å²) in [7, 11) is 1.79. The van der Waals surface area contributed by atoms with Gasteiger partial charge in [-0.05, 0) is 44.4 Å². The Labute approximate surface area is 122 Å². The molecule has 1 rings (SSSR count). The first-order valence-corrected chi connectivity index (χ1v) is 7.47. The summed E-state index contributed by atoms with van der Waals surface area (Å²) >= 11 is 6.27. The Morgan fingerprint density at radius 2 is 2.00 bits per heavy atom. The van der Waals surface area contributed by atoms with Crippen LogP contribution in [0.25, 0.3) is 0 Å². The van der Waals surface area contributed by atoms with Crippen LogP contribution in [-0.2, 0) is 11.2 Å². The predicted octanol–water partition coefficient (Wildman–Crippen LogP) is 4.07. The lowest BCUT2D eigenvalue weighted by atomic mass is 9.88. The van der Waals surface area contributed by atoms with Crippen LogP contribution in [-0.4, -0.2) is 25.3 Å². The third kappa shape index (κ3) is 4.48. The topological polar surface area (TPSA) is 21.3 Å². The van der Waals surface area contributed by atoms with Crippen molar-refractivity contribution in [2.75, 3.05) is 13.7 Å². The number of methoxy groups -OCH3 is 1. The van der Waals surface area contributed by atoms with Crippen LogP contribution in [0.3, 0.4) is 0 Å². The minimum Gasteiger partial charge on any atom is -0.377 e. The van der Waals surface area contributed by atoms with Crippen LogP contribution in [0, 0.1) is 0 Å². The van der Waals surface area contributed by atoms with Gasteiger partial charge in [-0.25, -0.2) is 0 Å². The molecule has 1 aromatic rings. The Kier molecular flexibility index (Phi) is 6.84. The van der Waals surface area contributed by atoms with E-state index in [2.05, 4.69) is 32.2 Å². The highest BCUT2D eigenvalue weighted by Gasteiger charge is 2.32. The molecule has 0 saturated carbocycles. The highest BCUT2D eigenvalue weighted by atomic mass is 35.5. The number of hydrogen-bond donors (Lipinski definition) is 1. The first kappa shape index (κ1) is 16.5. The Hall–Kier alpha value is -0.570. The summed E-state index contributed by atoms with van der Waals surface area (Å²) < 4.78 is 5.75. The number of benzene rings is 1. The number of ether oxygens (including phenoxy) is 1. The van der Waals surface area contributed by atoms with E-state index in [4.69, 9.17) is 16.3 Å². The molecule has 0 aliphatic heterocycles. The minimum absolute atomic E-state index is 0.172. The molecule has 3 heteroatoms. The average Bonchev–Trinajstić information content (AvgIpc) is 2.44. The van der Waals surface area contributed by atoms with Crippen molar-refractivity contribution in [3.8, 4) is 0 Å². The fourth-order valence-electron chi connectivity index (χ4n) is 2.24. The third-order valence-electron chi connectivity index (χ3n) is 3.93. The molecule has 0 bridgehead atoms. The molecule has 0 radical (unpaired) electrons. The molecule has 0 spiro atoms. The Morgan fingerprint density at radius 3 is 2.53 bits per heavy atom. The van der Waals surface area contributed by atoms with E-state index in [1.54, 1.807) is 7.11 Å². The van der Waals surface area contributed by atoms with Gasteiger partial charge in [0.15, 0.2) is 0 Å². The first-order valence-electron chi connectivity index (χ1n) is 7.09. The summed E-state index contributed by atoms with van der Waals surface area (Å²) in [5.74, 6) is 0. The van der Waals surface area contributed by atoms with Crippen LogP contribution in [0.2, 0.25) is 5.02 Å². The maximum atomic E-state index is 6.27. The number of rotatable bonds is 8. The molecular formula is C16H26ClNO. The molecular weight excluding hydrogens is 258 g/mol. The molecule has 0 aliphatic carbocycles. The second-order valence-electron chi connectivity index (χ2n) is 5.17. The monoisotopic (exact) mass is 283 g/mol. The molecule has 0 amide bonds. The number of halogens is 1. The van der Waals surface area contributed by atoms with Gasteiger partial charge in [0.2, 0.25) is 0 Å².